The highest BCUT2D eigenvalue weighted by Crippen LogP contribution is 2.17. The predicted octanol–water partition coefficient (Wildman–Crippen LogP) is 1.88. The van der Waals surface area contributed by atoms with Crippen LogP contribution in [0.25, 0.3) is 0 Å². The zero-order valence-electron chi connectivity index (χ0n) is 11.6. The van der Waals surface area contributed by atoms with Gasteiger partial charge in [0, 0.05) is 19.5 Å². The average molecular weight is 262 g/mol. The molecule has 19 heavy (non-hydrogen) atoms. The number of oxime groups is 1. The zero-order chi connectivity index (χ0) is 13.7. The van der Waals surface area contributed by atoms with E-state index in [1.165, 1.54) is 0 Å². The Labute approximate surface area is 114 Å². The molecule has 0 aromatic heterocycles. The van der Waals surface area contributed by atoms with E-state index in [9.17, 15) is 5.11 Å². The lowest BCUT2D eigenvalue weighted by molar-refractivity contribution is 0.0436. The van der Waals surface area contributed by atoms with Crippen molar-refractivity contribution in [2.45, 2.75) is 32.0 Å². The summed E-state index contributed by atoms with van der Waals surface area (Å²) < 4.78 is 0. The maximum atomic E-state index is 9.62. The lowest BCUT2D eigenvalue weighted by Gasteiger charge is -2.21. The van der Waals surface area contributed by atoms with Crippen LogP contribution in [-0.4, -0.2) is 48.1 Å². The fraction of sp³-hybridized carbons (Fsp3) is 0.533. The van der Waals surface area contributed by atoms with E-state index in [4.69, 9.17) is 4.84 Å². The van der Waals surface area contributed by atoms with Gasteiger partial charge in [-0.2, -0.15) is 0 Å². The van der Waals surface area contributed by atoms with Crippen LogP contribution in [0.4, 0.5) is 0 Å². The Kier molecular flexibility index (Phi) is 4.93. The third kappa shape index (κ3) is 4.04. The van der Waals surface area contributed by atoms with E-state index in [0.29, 0.717) is 6.54 Å². The van der Waals surface area contributed by atoms with Crippen molar-refractivity contribution in [2.24, 2.45) is 5.16 Å². The lowest BCUT2D eigenvalue weighted by Crippen LogP contribution is -2.35. The van der Waals surface area contributed by atoms with Crippen LogP contribution in [-0.2, 0) is 4.84 Å². The molecule has 104 valence electrons. The molecule has 0 saturated heterocycles. The van der Waals surface area contributed by atoms with Crippen molar-refractivity contribution in [3.8, 4) is 0 Å². The van der Waals surface area contributed by atoms with Crippen molar-refractivity contribution in [3.63, 3.8) is 0 Å². The van der Waals surface area contributed by atoms with Gasteiger partial charge in [-0.05, 0) is 19.0 Å². The zero-order valence-corrected chi connectivity index (χ0v) is 11.6. The maximum absolute atomic E-state index is 9.62. The largest absolute Gasteiger partial charge is 0.392 e. The molecule has 0 radical (unpaired) electrons. The number of hydrogen-bond donors (Lipinski definition) is 1. The van der Waals surface area contributed by atoms with Gasteiger partial charge >= 0.3 is 0 Å². The van der Waals surface area contributed by atoms with Gasteiger partial charge in [0.15, 0.2) is 0 Å². The Morgan fingerprint density at radius 2 is 2.16 bits per heavy atom. The van der Waals surface area contributed by atoms with E-state index in [0.717, 1.165) is 30.7 Å². The quantitative estimate of drug-likeness (QED) is 0.851. The summed E-state index contributed by atoms with van der Waals surface area (Å²) in [6.07, 6.45) is 1.43. The van der Waals surface area contributed by atoms with Crippen molar-refractivity contribution in [2.75, 3.05) is 20.1 Å². The van der Waals surface area contributed by atoms with Crippen LogP contribution in [0.15, 0.2) is 35.5 Å². The molecular formula is C15H22N2O2. The third-order valence-corrected chi connectivity index (χ3v) is 3.35. The standard InChI is InChI=1S/C15H22N2O2/c1-3-13(18)10-17(2)11-14-9-15(16-19-14)12-7-5-4-6-8-12/h4-8,13-14,18H,3,9-11H2,1-2H3/t13-,14+/m1/s1. The Hall–Kier alpha value is -1.39. The van der Waals surface area contributed by atoms with E-state index >= 15 is 0 Å². The summed E-state index contributed by atoms with van der Waals surface area (Å²) in [6, 6.07) is 10.1. The summed E-state index contributed by atoms with van der Waals surface area (Å²) in [4.78, 5) is 7.57. The second-order valence-corrected chi connectivity index (χ2v) is 5.12. The first kappa shape index (κ1) is 14.0. The van der Waals surface area contributed by atoms with E-state index in [2.05, 4.69) is 22.2 Å². The molecule has 0 bridgehead atoms. The average Bonchev–Trinajstić information content (AvgIpc) is 2.88. The summed E-state index contributed by atoms with van der Waals surface area (Å²) >= 11 is 0. The summed E-state index contributed by atoms with van der Waals surface area (Å²) in [5.41, 5.74) is 2.14. The number of rotatable bonds is 6. The molecule has 4 heteroatoms. The molecule has 1 aromatic rings. The van der Waals surface area contributed by atoms with Crippen LogP contribution in [0.3, 0.4) is 0 Å². The number of benzene rings is 1. The highest BCUT2D eigenvalue weighted by molar-refractivity contribution is 6.01. The molecule has 0 fully saturated rings. The monoisotopic (exact) mass is 262 g/mol. The lowest BCUT2D eigenvalue weighted by atomic mass is 10.0. The minimum Gasteiger partial charge on any atom is -0.392 e. The van der Waals surface area contributed by atoms with Crippen LogP contribution in [0.5, 0.6) is 0 Å². The van der Waals surface area contributed by atoms with Crippen LogP contribution in [0.1, 0.15) is 25.3 Å². The molecule has 2 atom stereocenters. The van der Waals surface area contributed by atoms with Crippen molar-refractivity contribution < 1.29 is 9.94 Å². The van der Waals surface area contributed by atoms with Crippen molar-refractivity contribution in [1.29, 1.82) is 0 Å². The normalized spacial score (nSPS) is 20.2. The fourth-order valence-electron chi connectivity index (χ4n) is 2.24. The number of nitrogens with zero attached hydrogens (tertiary/aromatic N) is 2. The van der Waals surface area contributed by atoms with Gasteiger partial charge < -0.3 is 14.8 Å². The van der Waals surface area contributed by atoms with Crippen molar-refractivity contribution in [3.05, 3.63) is 35.9 Å². The second kappa shape index (κ2) is 6.68. The van der Waals surface area contributed by atoms with Gasteiger partial charge in [0.25, 0.3) is 0 Å². The molecule has 0 aliphatic carbocycles. The summed E-state index contributed by atoms with van der Waals surface area (Å²) in [6.45, 7) is 3.45. The van der Waals surface area contributed by atoms with Crippen molar-refractivity contribution >= 4 is 5.71 Å². The van der Waals surface area contributed by atoms with Crippen molar-refractivity contribution in [1.82, 2.24) is 4.90 Å². The SMILES string of the molecule is CC[C@@H](O)CN(C)C[C@@H]1CC(c2ccccc2)=NO1. The number of hydrogen-bond acceptors (Lipinski definition) is 4. The highest BCUT2D eigenvalue weighted by atomic mass is 16.6. The van der Waals surface area contributed by atoms with E-state index < -0.39 is 0 Å². The van der Waals surface area contributed by atoms with Gasteiger partial charge in [-0.25, -0.2) is 0 Å². The first-order chi connectivity index (χ1) is 9.19. The van der Waals surface area contributed by atoms with Gasteiger partial charge in [-0.15, -0.1) is 0 Å². The second-order valence-electron chi connectivity index (χ2n) is 5.12. The van der Waals surface area contributed by atoms with E-state index in [1.54, 1.807) is 0 Å². The number of aliphatic hydroxyl groups excluding tert-OH is 1. The first-order valence-electron chi connectivity index (χ1n) is 6.83. The van der Waals surface area contributed by atoms with Gasteiger partial charge in [0.2, 0.25) is 0 Å². The summed E-state index contributed by atoms with van der Waals surface area (Å²) in [5, 5.41) is 13.8. The van der Waals surface area contributed by atoms with Crippen LogP contribution in [0.2, 0.25) is 0 Å². The molecule has 1 aliphatic heterocycles. The Morgan fingerprint density at radius 3 is 2.84 bits per heavy atom. The highest BCUT2D eigenvalue weighted by Gasteiger charge is 2.23. The molecule has 1 heterocycles. The smallest absolute Gasteiger partial charge is 0.145 e. The van der Waals surface area contributed by atoms with Gasteiger partial charge in [-0.1, -0.05) is 42.4 Å². The molecule has 0 spiro atoms. The molecule has 0 saturated carbocycles. The molecule has 1 N–H and O–H groups in total. The van der Waals surface area contributed by atoms with E-state index in [-0.39, 0.29) is 12.2 Å². The van der Waals surface area contributed by atoms with Crippen LogP contribution >= 0.6 is 0 Å². The Bertz CT molecular complexity index is 419. The van der Waals surface area contributed by atoms with Crippen LogP contribution in [0, 0.1) is 0 Å². The minimum atomic E-state index is -0.263. The van der Waals surface area contributed by atoms with Gasteiger partial charge in [-0.3, -0.25) is 0 Å². The third-order valence-electron chi connectivity index (χ3n) is 3.35. The Morgan fingerprint density at radius 1 is 1.42 bits per heavy atom. The minimum absolute atomic E-state index is 0.0873. The first-order valence-corrected chi connectivity index (χ1v) is 6.83. The molecule has 0 unspecified atom stereocenters. The molecule has 1 aromatic carbocycles. The molecule has 2 rings (SSSR count). The number of likely N-dealkylation sites (N-methyl/N-ethyl adjacent to an activating group) is 1. The summed E-state index contributed by atoms with van der Waals surface area (Å²) in [7, 11) is 2.00. The maximum Gasteiger partial charge on any atom is 0.145 e. The van der Waals surface area contributed by atoms with Gasteiger partial charge in [0.1, 0.15) is 6.10 Å². The number of aliphatic hydroxyl groups is 1. The molecule has 1 aliphatic rings. The molecular weight excluding hydrogens is 240 g/mol. The molecule has 0 amide bonds. The predicted molar refractivity (Wildman–Crippen MR) is 76.3 cm³/mol. The van der Waals surface area contributed by atoms with E-state index in [1.807, 2.05) is 32.2 Å². The molecule has 4 nitrogen and oxygen atoms in total. The van der Waals surface area contributed by atoms with Gasteiger partial charge in [0.05, 0.1) is 11.8 Å². The Balaban J connectivity index is 1.81. The summed E-state index contributed by atoms with van der Waals surface area (Å²) in [5.74, 6) is 0. The van der Waals surface area contributed by atoms with Crippen LogP contribution < -0.4 is 0 Å². The topological polar surface area (TPSA) is 45.1 Å². The fourth-order valence-corrected chi connectivity index (χ4v) is 2.24.